The molecule has 136 valence electrons. The van der Waals surface area contributed by atoms with Crippen LogP contribution in [0, 0.1) is 0 Å². The van der Waals surface area contributed by atoms with E-state index < -0.39 is 16.0 Å². The predicted octanol–water partition coefficient (Wildman–Crippen LogP) is 3.00. The number of primary sulfonamides is 1. The van der Waals surface area contributed by atoms with Crippen molar-refractivity contribution in [1.29, 1.82) is 0 Å². The van der Waals surface area contributed by atoms with E-state index in [1.54, 1.807) is 0 Å². The van der Waals surface area contributed by atoms with E-state index in [0.717, 1.165) is 38.8 Å². The summed E-state index contributed by atoms with van der Waals surface area (Å²) in [6, 6.07) is 3.77. The molecular weight excluding hydrogens is 328 g/mol. The standard InChI is InChI=1S/C17H28N2O4S/c1-4-6-10-19(11-7-5-2)13(3)16-12-14(24(18,22)23)8-9-15(16)17(20)21/h8-9,12-13H,4-7,10-11H2,1-3H3,(H,20,21)(H2,18,22,23). The first kappa shape index (κ1) is 20.6. The normalized spacial score (nSPS) is 13.2. The zero-order chi connectivity index (χ0) is 18.3. The predicted molar refractivity (Wildman–Crippen MR) is 94.6 cm³/mol. The molecule has 0 radical (unpaired) electrons. The van der Waals surface area contributed by atoms with Crippen LogP contribution >= 0.6 is 0 Å². The van der Waals surface area contributed by atoms with Crippen molar-refractivity contribution in [2.45, 2.75) is 57.4 Å². The van der Waals surface area contributed by atoms with Crippen molar-refractivity contribution in [3.63, 3.8) is 0 Å². The van der Waals surface area contributed by atoms with Crippen LogP contribution in [0.4, 0.5) is 0 Å². The number of rotatable bonds is 10. The number of carboxylic acid groups (broad SMARTS) is 1. The van der Waals surface area contributed by atoms with Gasteiger partial charge in [-0.1, -0.05) is 26.7 Å². The van der Waals surface area contributed by atoms with Crippen LogP contribution in [0.1, 0.15) is 68.4 Å². The Morgan fingerprint density at radius 1 is 1.21 bits per heavy atom. The van der Waals surface area contributed by atoms with Gasteiger partial charge >= 0.3 is 5.97 Å². The van der Waals surface area contributed by atoms with E-state index in [1.165, 1.54) is 18.2 Å². The maximum absolute atomic E-state index is 11.6. The maximum Gasteiger partial charge on any atom is 0.336 e. The number of carboxylic acids is 1. The number of hydrogen-bond acceptors (Lipinski definition) is 4. The Balaban J connectivity index is 3.28. The Hall–Kier alpha value is -1.44. The van der Waals surface area contributed by atoms with Gasteiger partial charge in [0.1, 0.15) is 0 Å². The van der Waals surface area contributed by atoms with Crippen LogP contribution in [0.5, 0.6) is 0 Å². The number of benzene rings is 1. The summed E-state index contributed by atoms with van der Waals surface area (Å²) in [5.74, 6) is -1.07. The molecule has 0 aromatic heterocycles. The van der Waals surface area contributed by atoms with Gasteiger partial charge in [0.2, 0.25) is 10.0 Å². The van der Waals surface area contributed by atoms with Gasteiger partial charge in [0, 0.05) is 6.04 Å². The number of hydrogen-bond donors (Lipinski definition) is 2. The average molecular weight is 356 g/mol. The average Bonchev–Trinajstić information content (AvgIpc) is 2.53. The molecule has 0 aliphatic carbocycles. The molecule has 1 atom stereocenters. The summed E-state index contributed by atoms with van der Waals surface area (Å²) in [5, 5.41) is 14.6. The lowest BCUT2D eigenvalue weighted by Crippen LogP contribution is -2.30. The molecule has 0 saturated heterocycles. The monoisotopic (exact) mass is 356 g/mol. The number of nitrogens with zero attached hydrogens (tertiary/aromatic N) is 1. The van der Waals surface area contributed by atoms with Crippen molar-refractivity contribution in [3.8, 4) is 0 Å². The minimum Gasteiger partial charge on any atom is -0.478 e. The Morgan fingerprint density at radius 3 is 2.17 bits per heavy atom. The molecule has 0 aliphatic rings. The molecule has 0 heterocycles. The van der Waals surface area contributed by atoms with Gasteiger partial charge < -0.3 is 5.11 Å². The second kappa shape index (κ2) is 9.15. The summed E-state index contributed by atoms with van der Waals surface area (Å²) < 4.78 is 23.2. The van der Waals surface area contributed by atoms with Gasteiger partial charge in [-0.3, -0.25) is 4.90 Å². The van der Waals surface area contributed by atoms with E-state index in [4.69, 9.17) is 5.14 Å². The fourth-order valence-corrected chi connectivity index (χ4v) is 3.23. The minimum atomic E-state index is -3.87. The van der Waals surface area contributed by atoms with Gasteiger partial charge in [0.15, 0.2) is 0 Å². The fraction of sp³-hybridized carbons (Fsp3) is 0.588. The zero-order valence-corrected chi connectivity index (χ0v) is 15.5. The van der Waals surface area contributed by atoms with Crippen molar-refractivity contribution in [2.75, 3.05) is 13.1 Å². The highest BCUT2D eigenvalue weighted by Gasteiger charge is 2.23. The fourth-order valence-electron chi connectivity index (χ4n) is 2.68. The Bertz CT molecular complexity index is 651. The second-order valence-corrected chi connectivity index (χ2v) is 7.58. The smallest absolute Gasteiger partial charge is 0.336 e. The molecule has 6 nitrogen and oxygen atoms in total. The molecule has 1 aromatic carbocycles. The van der Waals surface area contributed by atoms with E-state index in [-0.39, 0.29) is 16.5 Å². The molecule has 0 bridgehead atoms. The molecular formula is C17H28N2O4S. The van der Waals surface area contributed by atoms with Gasteiger partial charge in [0.25, 0.3) is 0 Å². The summed E-state index contributed by atoms with van der Waals surface area (Å²) in [6.07, 6.45) is 4.09. The quantitative estimate of drug-likeness (QED) is 0.671. The second-order valence-electron chi connectivity index (χ2n) is 6.02. The highest BCUT2D eigenvalue weighted by molar-refractivity contribution is 7.89. The van der Waals surface area contributed by atoms with Crippen LogP contribution in [0.3, 0.4) is 0 Å². The largest absolute Gasteiger partial charge is 0.478 e. The van der Waals surface area contributed by atoms with E-state index in [0.29, 0.717) is 5.56 Å². The lowest BCUT2D eigenvalue weighted by Gasteiger charge is -2.30. The molecule has 0 aliphatic heterocycles. The van der Waals surface area contributed by atoms with Gasteiger partial charge in [-0.25, -0.2) is 18.4 Å². The highest BCUT2D eigenvalue weighted by atomic mass is 32.2. The van der Waals surface area contributed by atoms with Gasteiger partial charge in [-0.15, -0.1) is 0 Å². The molecule has 0 fully saturated rings. The molecule has 24 heavy (non-hydrogen) atoms. The van der Waals surface area contributed by atoms with Crippen LogP contribution in [-0.4, -0.2) is 37.5 Å². The number of carbonyl (C=O) groups is 1. The topological polar surface area (TPSA) is 101 Å². The molecule has 1 rings (SSSR count). The number of aromatic carboxylic acids is 1. The molecule has 1 aromatic rings. The van der Waals surface area contributed by atoms with Gasteiger partial charge in [-0.05, 0) is 56.6 Å². The van der Waals surface area contributed by atoms with Crippen LogP contribution in [-0.2, 0) is 10.0 Å². The third kappa shape index (κ3) is 5.58. The summed E-state index contributed by atoms with van der Waals surface area (Å²) in [6.45, 7) is 7.81. The SMILES string of the molecule is CCCCN(CCCC)C(C)c1cc(S(N)(=O)=O)ccc1C(=O)O. The van der Waals surface area contributed by atoms with Crippen LogP contribution in [0.15, 0.2) is 23.1 Å². The Kier molecular flexibility index (Phi) is 7.86. The highest BCUT2D eigenvalue weighted by Crippen LogP contribution is 2.27. The molecule has 1 unspecified atom stereocenters. The van der Waals surface area contributed by atoms with E-state index in [2.05, 4.69) is 18.7 Å². The first-order valence-corrected chi connectivity index (χ1v) is 9.91. The van der Waals surface area contributed by atoms with Gasteiger partial charge in [-0.2, -0.15) is 0 Å². The van der Waals surface area contributed by atoms with Crippen molar-refractivity contribution in [2.24, 2.45) is 5.14 Å². The molecule has 7 heteroatoms. The lowest BCUT2D eigenvalue weighted by atomic mass is 9.99. The summed E-state index contributed by atoms with van der Waals surface area (Å²) in [4.78, 5) is 13.7. The zero-order valence-electron chi connectivity index (χ0n) is 14.7. The lowest BCUT2D eigenvalue weighted by molar-refractivity contribution is 0.0692. The first-order valence-electron chi connectivity index (χ1n) is 8.36. The van der Waals surface area contributed by atoms with E-state index >= 15 is 0 Å². The summed E-state index contributed by atoms with van der Waals surface area (Å²) in [5.41, 5.74) is 0.606. The van der Waals surface area contributed by atoms with Crippen LogP contribution in [0.25, 0.3) is 0 Å². The third-order valence-electron chi connectivity index (χ3n) is 4.18. The minimum absolute atomic E-state index is 0.0553. The molecule has 0 spiro atoms. The summed E-state index contributed by atoms with van der Waals surface area (Å²) >= 11 is 0. The molecule has 3 N–H and O–H groups in total. The van der Waals surface area contributed by atoms with Crippen molar-refractivity contribution in [1.82, 2.24) is 4.90 Å². The first-order chi connectivity index (χ1) is 11.2. The van der Waals surface area contributed by atoms with Crippen molar-refractivity contribution >= 4 is 16.0 Å². The number of sulfonamides is 1. The van der Waals surface area contributed by atoms with Gasteiger partial charge in [0.05, 0.1) is 10.5 Å². The van der Waals surface area contributed by atoms with Crippen LogP contribution in [0.2, 0.25) is 0 Å². The Morgan fingerprint density at radius 2 is 1.75 bits per heavy atom. The van der Waals surface area contributed by atoms with Crippen molar-refractivity contribution in [3.05, 3.63) is 29.3 Å². The van der Waals surface area contributed by atoms with E-state index in [9.17, 15) is 18.3 Å². The Labute approximate surface area is 144 Å². The number of unbranched alkanes of at least 4 members (excludes halogenated alkanes) is 2. The van der Waals surface area contributed by atoms with Crippen molar-refractivity contribution < 1.29 is 18.3 Å². The third-order valence-corrected chi connectivity index (χ3v) is 5.09. The number of nitrogens with two attached hydrogens (primary N) is 1. The maximum atomic E-state index is 11.6. The molecule has 0 saturated carbocycles. The summed E-state index contributed by atoms with van der Waals surface area (Å²) in [7, 11) is -3.87. The van der Waals surface area contributed by atoms with Crippen LogP contribution < -0.4 is 5.14 Å². The molecule has 0 amide bonds. The van der Waals surface area contributed by atoms with E-state index in [1.807, 2.05) is 6.92 Å².